The van der Waals surface area contributed by atoms with Crippen molar-refractivity contribution in [2.24, 2.45) is 4.99 Å². The Morgan fingerprint density at radius 2 is 2.00 bits per heavy atom. The fourth-order valence-electron chi connectivity index (χ4n) is 2.52. The molecular formula is C19H17F3N4OS. The molecule has 0 radical (unpaired) electrons. The van der Waals surface area contributed by atoms with Crippen molar-refractivity contribution in [2.75, 3.05) is 6.54 Å². The first kappa shape index (κ1) is 19.8. The maximum absolute atomic E-state index is 12.7. The van der Waals surface area contributed by atoms with Crippen molar-refractivity contribution in [1.82, 2.24) is 14.9 Å². The second kappa shape index (κ2) is 8.39. The molecule has 2 heterocycles. The van der Waals surface area contributed by atoms with Crippen LogP contribution in [-0.2, 0) is 12.6 Å². The van der Waals surface area contributed by atoms with Crippen LogP contribution in [0.25, 0.3) is 5.69 Å². The summed E-state index contributed by atoms with van der Waals surface area (Å²) in [5.74, 6) is 0. The molecule has 0 aliphatic rings. The number of carbonyl (C=O) groups excluding carboxylic acids is 1. The highest BCUT2D eigenvalue weighted by Crippen LogP contribution is 2.29. The van der Waals surface area contributed by atoms with Gasteiger partial charge >= 0.3 is 12.2 Å². The third-order valence-electron chi connectivity index (χ3n) is 3.85. The molecule has 5 nitrogen and oxygen atoms in total. The lowest BCUT2D eigenvalue weighted by Crippen LogP contribution is -2.25. The molecule has 0 saturated carbocycles. The summed E-state index contributed by atoms with van der Waals surface area (Å²) in [6.45, 7) is 2.24. The predicted octanol–water partition coefficient (Wildman–Crippen LogP) is 4.11. The van der Waals surface area contributed by atoms with Crippen LogP contribution in [0.15, 0.2) is 60.0 Å². The lowest BCUT2D eigenvalue weighted by Gasteiger charge is -2.08. The molecule has 0 aliphatic carbocycles. The van der Waals surface area contributed by atoms with E-state index in [1.807, 2.05) is 19.1 Å². The third-order valence-corrected chi connectivity index (χ3v) is 4.75. The number of hydrogen-bond donors (Lipinski definition) is 1. The molecule has 0 atom stereocenters. The Labute approximate surface area is 163 Å². The Balaban J connectivity index is 1.74. The molecule has 1 aromatic carbocycles. The summed E-state index contributed by atoms with van der Waals surface area (Å²) in [5, 5.41) is 2.71. The van der Waals surface area contributed by atoms with E-state index in [2.05, 4.69) is 15.3 Å². The molecule has 1 N–H and O–H groups in total. The fourth-order valence-corrected chi connectivity index (χ4v) is 3.35. The van der Waals surface area contributed by atoms with Gasteiger partial charge in [-0.05, 0) is 49.2 Å². The zero-order valence-electron chi connectivity index (χ0n) is 14.9. The Hall–Kier alpha value is -2.94. The number of thiazole rings is 1. The summed E-state index contributed by atoms with van der Waals surface area (Å²) in [5.41, 5.74) is 0.768. The Kier molecular flexibility index (Phi) is 5.93. The van der Waals surface area contributed by atoms with Gasteiger partial charge in [-0.3, -0.25) is 9.55 Å². The number of alkyl halides is 3. The summed E-state index contributed by atoms with van der Waals surface area (Å²) >= 11 is 1.28. The summed E-state index contributed by atoms with van der Waals surface area (Å²) in [4.78, 5) is 21.5. The predicted molar refractivity (Wildman–Crippen MR) is 100 cm³/mol. The first-order valence-electron chi connectivity index (χ1n) is 8.41. The largest absolute Gasteiger partial charge is 0.416 e. The van der Waals surface area contributed by atoms with Crippen LogP contribution in [0.2, 0.25) is 0 Å². The van der Waals surface area contributed by atoms with E-state index in [9.17, 15) is 18.0 Å². The van der Waals surface area contributed by atoms with Gasteiger partial charge in [0.15, 0.2) is 4.80 Å². The molecule has 0 saturated heterocycles. The Morgan fingerprint density at radius 3 is 2.64 bits per heavy atom. The van der Waals surface area contributed by atoms with E-state index in [0.29, 0.717) is 23.5 Å². The van der Waals surface area contributed by atoms with Crippen molar-refractivity contribution in [3.05, 3.63) is 75.8 Å². The highest BCUT2D eigenvalue weighted by molar-refractivity contribution is 7.09. The van der Waals surface area contributed by atoms with Crippen LogP contribution in [-0.4, -0.2) is 22.1 Å². The minimum atomic E-state index is -4.39. The van der Waals surface area contributed by atoms with Crippen molar-refractivity contribution in [2.45, 2.75) is 19.5 Å². The first-order chi connectivity index (χ1) is 13.3. The zero-order valence-corrected chi connectivity index (χ0v) is 15.7. The first-order valence-corrected chi connectivity index (χ1v) is 9.23. The third kappa shape index (κ3) is 5.07. The number of halogens is 3. The maximum atomic E-state index is 12.7. The lowest BCUT2D eigenvalue weighted by molar-refractivity contribution is -0.137. The minimum absolute atomic E-state index is 0.385. The quantitative estimate of drug-likeness (QED) is 0.709. The summed E-state index contributed by atoms with van der Waals surface area (Å²) in [7, 11) is 0. The van der Waals surface area contributed by atoms with E-state index >= 15 is 0 Å². The molecule has 0 spiro atoms. The van der Waals surface area contributed by atoms with Gasteiger partial charge in [0, 0.05) is 35.7 Å². The van der Waals surface area contributed by atoms with E-state index in [1.54, 1.807) is 23.2 Å². The second-order valence-corrected chi connectivity index (χ2v) is 7.21. The summed E-state index contributed by atoms with van der Waals surface area (Å²) in [6, 6.07) is 7.95. The van der Waals surface area contributed by atoms with E-state index in [-0.39, 0.29) is 0 Å². The molecule has 0 bridgehead atoms. The van der Waals surface area contributed by atoms with Crippen molar-refractivity contribution in [3.8, 4) is 5.69 Å². The van der Waals surface area contributed by atoms with Gasteiger partial charge in [-0.15, -0.1) is 11.3 Å². The van der Waals surface area contributed by atoms with Crippen LogP contribution >= 0.6 is 11.3 Å². The maximum Gasteiger partial charge on any atom is 0.416 e. The Morgan fingerprint density at radius 1 is 1.25 bits per heavy atom. The number of carbonyl (C=O) groups is 1. The summed E-state index contributed by atoms with van der Waals surface area (Å²) in [6.07, 6.45) is 1.36. The molecule has 3 aromatic rings. The van der Waals surface area contributed by atoms with Crippen LogP contribution in [0, 0.1) is 6.92 Å². The number of aryl methyl sites for hydroxylation is 1. The van der Waals surface area contributed by atoms with Gasteiger partial charge in [-0.25, -0.2) is 4.79 Å². The van der Waals surface area contributed by atoms with Gasteiger partial charge in [0.2, 0.25) is 0 Å². The number of benzene rings is 1. The molecule has 28 heavy (non-hydrogen) atoms. The van der Waals surface area contributed by atoms with Gasteiger partial charge < -0.3 is 5.32 Å². The molecule has 0 fully saturated rings. The van der Waals surface area contributed by atoms with E-state index in [4.69, 9.17) is 0 Å². The molecule has 2 aromatic heterocycles. The van der Waals surface area contributed by atoms with Crippen molar-refractivity contribution in [1.29, 1.82) is 0 Å². The number of amides is 2. The number of hydrogen-bond acceptors (Lipinski definition) is 3. The highest BCUT2D eigenvalue weighted by atomic mass is 32.1. The highest BCUT2D eigenvalue weighted by Gasteiger charge is 2.30. The number of nitrogens with one attached hydrogen (secondary N) is 1. The van der Waals surface area contributed by atoms with Crippen molar-refractivity contribution < 1.29 is 18.0 Å². The Bertz CT molecular complexity index is 1010. The topological polar surface area (TPSA) is 59.3 Å². The minimum Gasteiger partial charge on any atom is -0.336 e. The van der Waals surface area contributed by atoms with Gasteiger partial charge in [0.05, 0.1) is 5.56 Å². The fraction of sp³-hybridized carbons (Fsp3) is 0.211. The van der Waals surface area contributed by atoms with Crippen LogP contribution in [0.1, 0.15) is 16.0 Å². The lowest BCUT2D eigenvalue weighted by atomic mass is 10.2. The normalized spacial score (nSPS) is 12.2. The van der Waals surface area contributed by atoms with Crippen LogP contribution in [0.4, 0.5) is 18.0 Å². The van der Waals surface area contributed by atoms with E-state index in [1.165, 1.54) is 23.5 Å². The van der Waals surface area contributed by atoms with Gasteiger partial charge in [0.1, 0.15) is 0 Å². The standard InChI is InChI=1S/C19H17F3N4OS/c1-13-12-26(16-6-4-15(5-7-16)19(20,21)22)18(28-13)25-17(27)24-10-8-14-3-2-9-23-11-14/h2-7,9,11-12H,8,10H2,1H3,(H,24,27). The summed E-state index contributed by atoms with van der Waals surface area (Å²) < 4.78 is 39.8. The average molecular weight is 406 g/mol. The molecule has 3 rings (SSSR count). The number of nitrogens with zero attached hydrogens (tertiary/aromatic N) is 3. The average Bonchev–Trinajstić information content (AvgIpc) is 3.02. The second-order valence-electron chi connectivity index (χ2n) is 5.99. The van der Waals surface area contributed by atoms with Crippen molar-refractivity contribution >= 4 is 17.4 Å². The smallest absolute Gasteiger partial charge is 0.336 e. The van der Waals surface area contributed by atoms with Crippen LogP contribution < -0.4 is 10.1 Å². The van der Waals surface area contributed by atoms with Gasteiger partial charge in [0.25, 0.3) is 0 Å². The van der Waals surface area contributed by atoms with Gasteiger partial charge in [-0.2, -0.15) is 18.2 Å². The molecule has 0 aliphatic heterocycles. The van der Waals surface area contributed by atoms with E-state index < -0.39 is 17.8 Å². The molecular weight excluding hydrogens is 389 g/mol. The van der Waals surface area contributed by atoms with E-state index in [0.717, 1.165) is 22.6 Å². The van der Waals surface area contributed by atoms with Crippen molar-refractivity contribution in [3.63, 3.8) is 0 Å². The zero-order chi connectivity index (χ0) is 20.1. The number of urea groups is 1. The molecule has 146 valence electrons. The number of pyridine rings is 1. The SMILES string of the molecule is Cc1cn(-c2ccc(C(F)(F)F)cc2)c(=NC(=O)NCCc2cccnc2)s1. The van der Waals surface area contributed by atoms with Crippen LogP contribution in [0.3, 0.4) is 0 Å². The molecule has 9 heteroatoms. The van der Waals surface area contributed by atoms with Gasteiger partial charge in [-0.1, -0.05) is 6.07 Å². The molecule has 2 amide bonds. The molecule has 0 unspecified atom stereocenters. The number of rotatable bonds is 4. The van der Waals surface area contributed by atoms with Crippen LogP contribution in [0.5, 0.6) is 0 Å². The number of aromatic nitrogens is 2. The monoisotopic (exact) mass is 406 g/mol.